The maximum atomic E-state index is 12.9. The molecule has 1 aromatic carbocycles. The van der Waals surface area contributed by atoms with Gasteiger partial charge in [0, 0.05) is 51.5 Å². The SMILES string of the molecule is FC(F)(F)c1cccc(N2CCN(CCCNC3=NCCCN3)CC2)c1. The number of piperazine rings is 1. The van der Waals surface area contributed by atoms with Crippen molar-refractivity contribution in [1.29, 1.82) is 0 Å². The summed E-state index contributed by atoms with van der Waals surface area (Å²) < 4.78 is 38.6. The number of benzene rings is 1. The van der Waals surface area contributed by atoms with Crippen LogP contribution in [0.3, 0.4) is 0 Å². The van der Waals surface area contributed by atoms with Crippen LogP contribution >= 0.6 is 0 Å². The predicted molar refractivity (Wildman–Crippen MR) is 97.6 cm³/mol. The lowest BCUT2D eigenvalue weighted by atomic mass is 10.1. The van der Waals surface area contributed by atoms with Gasteiger partial charge in [-0.25, -0.2) is 0 Å². The van der Waals surface area contributed by atoms with Gasteiger partial charge in [-0.2, -0.15) is 13.2 Å². The van der Waals surface area contributed by atoms with Gasteiger partial charge in [-0.15, -0.1) is 0 Å². The molecule has 144 valence electrons. The number of anilines is 1. The van der Waals surface area contributed by atoms with Gasteiger partial charge < -0.3 is 15.5 Å². The number of rotatable bonds is 5. The van der Waals surface area contributed by atoms with Crippen LogP contribution in [0, 0.1) is 0 Å². The molecule has 0 atom stereocenters. The van der Waals surface area contributed by atoms with Gasteiger partial charge in [-0.3, -0.25) is 9.89 Å². The van der Waals surface area contributed by atoms with Crippen LogP contribution in [0.2, 0.25) is 0 Å². The lowest BCUT2D eigenvalue weighted by Gasteiger charge is -2.36. The highest BCUT2D eigenvalue weighted by Gasteiger charge is 2.31. The molecule has 5 nitrogen and oxygen atoms in total. The third-order valence-electron chi connectivity index (χ3n) is 4.75. The molecule has 0 amide bonds. The van der Waals surface area contributed by atoms with Crippen molar-refractivity contribution in [3.63, 3.8) is 0 Å². The van der Waals surface area contributed by atoms with Crippen molar-refractivity contribution in [3.05, 3.63) is 29.8 Å². The van der Waals surface area contributed by atoms with Crippen molar-refractivity contribution < 1.29 is 13.2 Å². The molecule has 8 heteroatoms. The highest BCUT2D eigenvalue weighted by atomic mass is 19.4. The van der Waals surface area contributed by atoms with E-state index in [2.05, 4.69) is 20.5 Å². The van der Waals surface area contributed by atoms with Gasteiger partial charge >= 0.3 is 6.18 Å². The van der Waals surface area contributed by atoms with Crippen molar-refractivity contribution in [1.82, 2.24) is 15.5 Å². The second-order valence-electron chi connectivity index (χ2n) is 6.67. The molecular weight excluding hydrogens is 343 g/mol. The van der Waals surface area contributed by atoms with E-state index >= 15 is 0 Å². The number of halogens is 3. The smallest absolute Gasteiger partial charge is 0.369 e. The molecule has 1 aromatic rings. The third kappa shape index (κ3) is 5.27. The number of aliphatic imine (C=N–C) groups is 1. The first-order valence-electron chi connectivity index (χ1n) is 9.19. The zero-order valence-corrected chi connectivity index (χ0v) is 14.9. The highest BCUT2D eigenvalue weighted by molar-refractivity contribution is 5.80. The van der Waals surface area contributed by atoms with E-state index in [1.54, 1.807) is 6.07 Å². The fourth-order valence-electron chi connectivity index (χ4n) is 3.27. The van der Waals surface area contributed by atoms with E-state index in [1.807, 2.05) is 4.90 Å². The number of nitrogens with one attached hydrogen (secondary N) is 2. The van der Waals surface area contributed by atoms with E-state index in [0.29, 0.717) is 5.69 Å². The summed E-state index contributed by atoms with van der Waals surface area (Å²) in [6, 6.07) is 5.61. The molecule has 0 spiro atoms. The summed E-state index contributed by atoms with van der Waals surface area (Å²) >= 11 is 0. The molecule has 2 N–H and O–H groups in total. The molecular formula is C18H26F3N5. The topological polar surface area (TPSA) is 42.9 Å². The van der Waals surface area contributed by atoms with Crippen LogP contribution in [0.4, 0.5) is 18.9 Å². The standard InChI is InChI=1S/C18H26F3N5/c19-18(20,21)15-4-1-5-16(14-15)26-12-10-25(11-13-26)9-3-8-24-17-22-6-2-7-23-17/h1,4-5,14H,2-3,6-13H2,(H2,22,23,24). The predicted octanol–water partition coefficient (Wildman–Crippen LogP) is 2.16. The summed E-state index contributed by atoms with van der Waals surface area (Å²) in [6.07, 6.45) is -2.19. The monoisotopic (exact) mass is 369 g/mol. The van der Waals surface area contributed by atoms with Gasteiger partial charge in [0.15, 0.2) is 5.96 Å². The molecule has 0 aromatic heterocycles. The first-order valence-corrected chi connectivity index (χ1v) is 9.19. The van der Waals surface area contributed by atoms with Gasteiger partial charge in [-0.05, 0) is 37.6 Å². The van der Waals surface area contributed by atoms with Crippen LogP contribution in [0.5, 0.6) is 0 Å². The minimum Gasteiger partial charge on any atom is -0.369 e. The van der Waals surface area contributed by atoms with E-state index in [0.717, 1.165) is 77.2 Å². The molecule has 0 saturated carbocycles. The Morgan fingerprint density at radius 1 is 1.15 bits per heavy atom. The Hall–Kier alpha value is -1.96. The maximum absolute atomic E-state index is 12.9. The molecule has 26 heavy (non-hydrogen) atoms. The summed E-state index contributed by atoms with van der Waals surface area (Å²) in [4.78, 5) is 8.77. The fourth-order valence-corrected chi connectivity index (χ4v) is 3.27. The van der Waals surface area contributed by atoms with Crippen LogP contribution < -0.4 is 15.5 Å². The summed E-state index contributed by atoms with van der Waals surface area (Å²) in [6.45, 7) is 6.96. The van der Waals surface area contributed by atoms with E-state index in [1.165, 1.54) is 12.1 Å². The number of hydrogen-bond donors (Lipinski definition) is 2. The molecule has 0 bridgehead atoms. The van der Waals surface area contributed by atoms with Crippen molar-refractivity contribution in [2.24, 2.45) is 4.99 Å². The average Bonchev–Trinajstić information content (AvgIpc) is 2.66. The second-order valence-corrected chi connectivity index (χ2v) is 6.67. The zero-order valence-electron chi connectivity index (χ0n) is 14.9. The third-order valence-corrected chi connectivity index (χ3v) is 4.75. The minimum atomic E-state index is -4.29. The number of guanidine groups is 1. The maximum Gasteiger partial charge on any atom is 0.416 e. The Balaban J connectivity index is 1.39. The Kier molecular flexibility index (Phi) is 6.24. The van der Waals surface area contributed by atoms with Crippen LogP contribution in [-0.4, -0.2) is 63.2 Å². The Labute approximate surface area is 152 Å². The highest BCUT2D eigenvalue weighted by Crippen LogP contribution is 2.31. The number of hydrogen-bond acceptors (Lipinski definition) is 5. The molecule has 1 saturated heterocycles. The second kappa shape index (κ2) is 8.62. The Bertz CT molecular complexity index is 609. The molecule has 1 fully saturated rings. The van der Waals surface area contributed by atoms with Gasteiger partial charge in [0.25, 0.3) is 0 Å². The van der Waals surface area contributed by atoms with Gasteiger partial charge in [0.2, 0.25) is 0 Å². The fraction of sp³-hybridized carbons (Fsp3) is 0.611. The number of alkyl halides is 3. The van der Waals surface area contributed by atoms with E-state index < -0.39 is 11.7 Å². The Morgan fingerprint density at radius 3 is 2.65 bits per heavy atom. The summed E-state index contributed by atoms with van der Waals surface area (Å²) in [5.74, 6) is 0.894. The molecule has 3 rings (SSSR count). The zero-order chi connectivity index (χ0) is 18.4. The quantitative estimate of drug-likeness (QED) is 0.781. The molecule has 2 heterocycles. The van der Waals surface area contributed by atoms with Crippen LogP contribution in [0.1, 0.15) is 18.4 Å². The van der Waals surface area contributed by atoms with Gasteiger partial charge in [0.1, 0.15) is 0 Å². The van der Waals surface area contributed by atoms with E-state index in [-0.39, 0.29) is 0 Å². The van der Waals surface area contributed by atoms with E-state index in [4.69, 9.17) is 0 Å². The molecule has 2 aliphatic rings. The summed E-state index contributed by atoms with van der Waals surface area (Å²) in [7, 11) is 0. The molecule has 0 aliphatic carbocycles. The Morgan fingerprint density at radius 2 is 1.96 bits per heavy atom. The molecule has 2 aliphatic heterocycles. The van der Waals surface area contributed by atoms with Crippen molar-refractivity contribution in [2.75, 3.05) is 57.3 Å². The largest absolute Gasteiger partial charge is 0.416 e. The normalized spacial score (nSPS) is 19.0. The van der Waals surface area contributed by atoms with Crippen molar-refractivity contribution >= 4 is 11.6 Å². The van der Waals surface area contributed by atoms with E-state index in [9.17, 15) is 13.2 Å². The first kappa shape index (κ1) is 18.8. The number of nitrogens with zero attached hydrogens (tertiary/aromatic N) is 3. The van der Waals surface area contributed by atoms with Crippen molar-refractivity contribution in [3.8, 4) is 0 Å². The minimum absolute atomic E-state index is 0.581. The van der Waals surface area contributed by atoms with Crippen LogP contribution in [-0.2, 0) is 6.18 Å². The summed E-state index contributed by atoms with van der Waals surface area (Å²) in [5, 5.41) is 6.55. The van der Waals surface area contributed by atoms with Crippen LogP contribution in [0.25, 0.3) is 0 Å². The lowest BCUT2D eigenvalue weighted by Crippen LogP contribution is -2.47. The van der Waals surface area contributed by atoms with Crippen molar-refractivity contribution in [2.45, 2.75) is 19.0 Å². The lowest BCUT2D eigenvalue weighted by molar-refractivity contribution is -0.137. The van der Waals surface area contributed by atoms with Crippen LogP contribution in [0.15, 0.2) is 29.3 Å². The van der Waals surface area contributed by atoms with Gasteiger partial charge in [-0.1, -0.05) is 6.07 Å². The molecule has 0 radical (unpaired) electrons. The van der Waals surface area contributed by atoms with Gasteiger partial charge in [0.05, 0.1) is 5.56 Å². The molecule has 0 unspecified atom stereocenters. The summed E-state index contributed by atoms with van der Waals surface area (Å²) in [5.41, 5.74) is 0.0743. The first-order chi connectivity index (χ1) is 12.5. The average molecular weight is 369 g/mol.